The number of aliphatic carboxylic acids is 1. The number of carbonyl (C=O) groups excluding carboxylic acids is 17. The molecule has 0 aliphatic carbocycles. The van der Waals surface area contributed by atoms with Gasteiger partial charge in [0.2, 0.25) is 73.5 Å². The predicted molar refractivity (Wildman–Crippen MR) is 414 cm³/mol. The van der Waals surface area contributed by atoms with Gasteiger partial charge < -0.3 is 128 Å². The van der Waals surface area contributed by atoms with Crippen LogP contribution in [0.4, 0.5) is 14.4 Å². The third-order valence-electron chi connectivity index (χ3n) is 17.4. The van der Waals surface area contributed by atoms with E-state index >= 15 is 14.4 Å². The second kappa shape index (κ2) is 59.4. The van der Waals surface area contributed by atoms with E-state index in [0.29, 0.717) is 32.1 Å². The van der Waals surface area contributed by atoms with Crippen molar-refractivity contribution in [1.29, 1.82) is 0 Å². The number of hydrogen-bond acceptors (Lipinski definition) is 29. The average Bonchev–Trinajstić information content (AvgIpc) is 0.831. The number of alkyl halides is 1. The Hall–Kier alpha value is -10.3. The maximum Gasteiger partial charge on any atom is 0.410 e. The first-order valence-corrected chi connectivity index (χ1v) is 39.9. The van der Waals surface area contributed by atoms with Crippen LogP contribution in [0.25, 0.3) is 0 Å². The van der Waals surface area contributed by atoms with Crippen molar-refractivity contribution in [3.63, 3.8) is 0 Å². The molecule has 13 amide bonds. The van der Waals surface area contributed by atoms with E-state index in [1.165, 1.54) is 41.5 Å². The lowest BCUT2D eigenvalue weighted by Gasteiger charge is -2.29. The lowest BCUT2D eigenvalue weighted by molar-refractivity contribution is -0.156. The summed E-state index contributed by atoms with van der Waals surface area (Å²) in [5.74, 6) is -22.7. The van der Waals surface area contributed by atoms with E-state index in [-0.39, 0.29) is 32.4 Å². The topological polar surface area (TPSA) is 629 Å². The fraction of sp³-hybridized carbons (Fsp3) is 0.730. The van der Waals surface area contributed by atoms with Gasteiger partial charge >= 0.3 is 48.1 Å². The van der Waals surface area contributed by atoms with Gasteiger partial charge in [0.15, 0.2) is 12.1 Å². The number of rotatable bonds is 44. The van der Waals surface area contributed by atoms with Gasteiger partial charge in [-0.2, -0.15) is 0 Å². The number of nitrogens with one attached hydrogen (secondary N) is 13. The standard InChI is InChI=1S/C74H122ClN13O30/c1-11-14-16-17-18-19-20-21-22-26-45(90)34-54(93)80-51-37-112-71(108)56(52(91)36-75)87-66(102)57(58(94)67(103)104)88-59(95)46(13-3)81-65(101)55(44(10)89)86-62(98)49(29-33-79-74(111)118-40-115-70(107)43(8)9)83-60(96)47(27-23-25-31-77-72(109)116-38-113-68(105)41(4)5)82-63(99)50(35-53(92)76-30-24-15-12-2)85-61(97)48(84-64(51)100)28-32-78-73(110)117-39-114-69(106)42(6)7/h13,41-45,47-52,55-58,89-91,94H,11-12,14-40H2,1-10H3,(H,76,92)(H,77,109)(H,78,110)(H,79,111)(H,80,93)(H,81,101)(H,82,99)(H,83,96)(H,84,100)(H,85,97)(H,86,98)(H,87,102)(H,88,95)(H,103,104)/b46-13+/t44-,45-,47-,48+,49-,50-,51-,52+,55-,56-,57-,58?/m0/s1. The van der Waals surface area contributed by atoms with E-state index in [2.05, 4.69) is 65.4 Å². The molecule has 12 atom stereocenters. The highest BCUT2D eigenvalue weighted by atomic mass is 35.5. The fourth-order valence-electron chi connectivity index (χ4n) is 10.5. The highest BCUT2D eigenvalue weighted by Gasteiger charge is 2.41. The smallest absolute Gasteiger partial charge is 0.410 e. The number of alkyl carbamates (subject to hydrolysis) is 3. The molecule has 0 saturated carbocycles. The molecule has 0 spiro atoms. The second-order valence-corrected chi connectivity index (χ2v) is 28.8. The van der Waals surface area contributed by atoms with Crippen molar-refractivity contribution in [1.82, 2.24) is 69.1 Å². The molecule has 1 aliphatic rings. The predicted octanol–water partition coefficient (Wildman–Crippen LogP) is -1.16. The molecular weight excluding hydrogens is 1590 g/mol. The minimum Gasteiger partial charge on any atom is -0.479 e. The molecule has 0 radical (unpaired) electrons. The number of allylic oxidation sites excluding steroid dienone is 1. The zero-order valence-electron chi connectivity index (χ0n) is 68.6. The minimum absolute atomic E-state index is 0.0209. The first-order valence-electron chi connectivity index (χ1n) is 39.4. The lowest BCUT2D eigenvalue weighted by atomic mass is 10.0. The Balaban J connectivity index is 4.57. The number of amides is 13. The third-order valence-corrected chi connectivity index (χ3v) is 17.7. The molecule has 0 aromatic rings. The molecule has 118 heavy (non-hydrogen) atoms. The number of halogens is 1. The van der Waals surface area contributed by atoms with Gasteiger partial charge in [0, 0.05) is 26.2 Å². The minimum atomic E-state index is -2.95. The van der Waals surface area contributed by atoms with E-state index in [4.69, 9.17) is 44.8 Å². The van der Waals surface area contributed by atoms with Crippen molar-refractivity contribution in [3.05, 3.63) is 11.8 Å². The Labute approximate surface area is 689 Å². The number of aliphatic hydroxyl groups is 4. The summed E-state index contributed by atoms with van der Waals surface area (Å²) in [4.78, 5) is 247. The van der Waals surface area contributed by atoms with Crippen LogP contribution in [0.5, 0.6) is 0 Å². The van der Waals surface area contributed by atoms with Crippen molar-refractivity contribution in [2.45, 2.75) is 270 Å². The molecular formula is C74H122ClN13O30. The van der Waals surface area contributed by atoms with Crippen molar-refractivity contribution in [2.75, 3.05) is 59.0 Å². The van der Waals surface area contributed by atoms with E-state index < -0.39 is 281 Å². The summed E-state index contributed by atoms with van der Waals surface area (Å²) in [7, 11) is 0. The third kappa shape index (κ3) is 44.3. The summed E-state index contributed by atoms with van der Waals surface area (Å²) >= 11 is 5.97. The van der Waals surface area contributed by atoms with Crippen LogP contribution in [0.15, 0.2) is 11.8 Å². The second-order valence-electron chi connectivity index (χ2n) is 28.4. The zero-order valence-corrected chi connectivity index (χ0v) is 69.3. The molecule has 1 aliphatic heterocycles. The number of hydrogen-bond donors (Lipinski definition) is 18. The van der Waals surface area contributed by atoms with Gasteiger partial charge in [0.25, 0.3) is 5.91 Å². The Morgan fingerprint density at radius 2 is 0.898 bits per heavy atom. The van der Waals surface area contributed by atoms with Gasteiger partial charge in [0.05, 0.1) is 54.8 Å². The van der Waals surface area contributed by atoms with Gasteiger partial charge in [-0.25, -0.2) is 24.0 Å². The SMILES string of the molecule is C/C=C1/NC(=O)[C@H]([C@H](C)O)NC(=O)[C@H](CCNC(=O)OCOC(=O)C(C)C)NC(=O)[C@H](CCCCNC(=O)OCOC(=O)C(C)C)NC(=O)[C@H](CC(=O)NCCCCC)NC(=O)[C@@H](CCNC(=O)OCOC(=O)C(C)C)NC(=O)[C@@H](NC(=O)C[C@@H](O)CCCCCCCCCCC)COC(=O)[C@H]([C@H](O)CCl)NC(=O)[C@H](C(O)C(=O)O)NC1=O. The molecule has 1 heterocycles. The summed E-state index contributed by atoms with van der Waals surface area (Å²) < 4.78 is 34.8. The summed E-state index contributed by atoms with van der Waals surface area (Å²) in [6, 6.07) is -17.6. The van der Waals surface area contributed by atoms with Gasteiger partial charge in [-0.15, -0.1) is 11.6 Å². The van der Waals surface area contributed by atoms with Gasteiger partial charge in [-0.1, -0.05) is 132 Å². The van der Waals surface area contributed by atoms with Crippen LogP contribution < -0.4 is 69.1 Å². The van der Waals surface area contributed by atoms with Gasteiger partial charge in [-0.3, -0.25) is 62.3 Å². The summed E-state index contributed by atoms with van der Waals surface area (Å²) in [5, 5.41) is 83.6. The quantitative estimate of drug-likeness (QED) is 0.00854. The number of carboxylic acid groups (broad SMARTS) is 1. The van der Waals surface area contributed by atoms with Crippen LogP contribution in [0.2, 0.25) is 0 Å². The molecule has 1 rings (SSSR count). The number of ether oxygens (including phenoxy) is 7. The van der Waals surface area contributed by atoms with E-state index in [0.717, 1.165) is 64.9 Å². The normalized spacial score (nSPS) is 20.4. The van der Waals surface area contributed by atoms with Crippen LogP contribution in [-0.4, -0.2) is 265 Å². The average molecular weight is 1710 g/mol. The molecule has 18 N–H and O–H groups in total. The molecule has 1 fully saturated rings. The molecule has 0 aromatic carbocycles. The van der Waals surface area contributed by atoms with E-state index in [9.17, 15) is 97.5 Å². The van der Waals surface area contributed by atoms with Crippen molar-refractivity contribution in [3.8, 4) is 0 Å². The van der Waals surface area contributed by atoms with E-state index in [1.54, 1.807) is 0 Å². The highest BCUT2D eigenvalue weighted by molar-refractivity contribution is 6.18. The summed E-state index contributed by atoms with van der Waals surface area (Å²) in [6.45, 7) is 9.63. The van der Waals surface area contributed by atoms with Crippen molar-refractivity contribution < 1.29 is 145 Å². The Morgan fingerprint density at radius 3 is 1.37 bits per heavy atom. The largest absolute Gasteiger partial charge is 0.479 e. The van der Waals surface area contributed by atoms with Crippen LogP contribution >= 0.6 is 11.6 Å². The molecule has 1 unspecified atom stereocenters. The fourth-order valence-corrected chi connectivity index (χ4v) is 10.6. The van der Waals surface area contributed by atoms with Crippen LogP contribution in [0, 0.1) is 17.8 Å². The monoisotopic (exact) mass is 1710 g/mol. The Morgan fingerprint density at radius 1 is 0.475 bits per heavy atom. The molecule has 44 heteroatoms. The number of cyclic esters (lactones) is 1. The molecule has 43 nitrogen and oxygen atoms in total. The van der Waals surface area contributed by atoms with Crippen molar-refractivity contribution >= 4 is 119 Å². The number of aliphatic hydroxyl groups excluding tert-OH is 4. The first-order chi connectivity index (χ1) is 55.8. The molecule has 0 bridgehead atoms. The van der Waals surface area contributed by atoms with E-state index in [1.807, 2.05) is 17.6 Å². The number of unbranched alkanes of at least 4 members (excludes halogenated alkanes) is 11. The number of esters is 4. The number of carbonyl (C=O) groups is 18. The van der Waals surface area contributed by atoms with Crippen LogP contribution in [0.1, 0.15) is 198 Å². The molecule has 670 valence electrons. The molecule has 1 saturated heterocycles. The van der Waals surface area contributed by atoms with Crippen LogP contribution in [-0.2, 0) is 105 Å². The lowest BCUT2D eigenvalue weighted by Crippen LogP contribution is -2.62. The Bertz CT molecular complexity index is 3310. The van der Waals surface area contributed by atoms with Gasteiger partial charge in [0.1, 0.15) is 54.6 Å². The molecule has 0 aromatic heterocycles. The maximum absolute atomic E-state index is 15.1. The Kier molecular flexibility index (Phi) is 53.2. The van der Waals surface area contributed by atoms with Crippen molar-refractivity contribution in [2.24, 2.45) is 17.8 Å². The first kappa shape index (κ1) is 106. The highest BCUT2D eigenvalue weighted by Crippen LogP contribution is 2.15. The summed E-state index contributed by atoms with van der Waals surface area (Å²) in [6.07, 6.45) is -5.07. The van der Waals surface area contributed by atoms with Crippen LogP contribution in [0.3, 0.4) is 0 Å². The number of carboxylic acids is 1. The zero-order chi connectivity index (χ0) is 89.0. The van der Waals surface area contributed by atoms with Gasteiger partial charge in [-0.05, 0) is 58.8 Å². The summed E-state index contributed by atoms with van der Waals surface area (Å²) in [5.41, 5.74) is -0.900. The maximum atomic E-state index is 15.1.